The Morgan fingerprint density at radius 2 is 1.85 bits per heavy atom. The smallest absolute Gasteiger partial charge is 0.167 e. The molecule has 4 nitrogen and oxygen atoms in total. The summed E-state index contributed by atoms with van der Waals surface area (Å²) < 4.78 is 5.57. The summed E-state index contributed by atoms with van der Waals surface area (Å²) in [7, 11) is 0. The molecule has 5 heteroatoms. The second kappa shape index (κ2) is 8.73. The van der Waals surface area contributed by atoms with Gasteiger partial charge < -0.3 is 15.2 Å². The molecule has 1 aliphatic carbocycles. The molecule has 4 rings (SSSR count). The summed E-state index contributed by atoms with van der Waals surface area (Å²) in [4.78, 5) is 2.65. The molecule has 0 atom stereocenters. The standard InChI is InChI=1S/C21H31N3O.ClH/c1-15-2-7-19-20(14-15)25-23-21(19)17-9-12-24(13-10-17)11-8-16-3-5-18(22)6-4-16;/h2,7,14,16-18H,3-6,8-13,22H2,1H3;1H/t16-,18-;. The normalized spacial score (nSPS) is 25.3. The fourth-order valence-corrected chi connectivity index (χ4v) is 4.63. The van der Waals surface area contributed by atoms with Crippen molar-refractivity contribution in [1.29, 1.82) is 0 Å². The Balaban J connectivity index is 0.00000196. The summed E-state index contributed by atoms with van der Waals surface area (Å²) in [5, 5.41) is 5.62. The van der Waals surface area contributed by atoms with Crippen molar-refractivity contribution in [1.82, 2.24) is 10.1 Å². The molecule has 2 aliphatic rings. The van der Waals surface area contributed by atoms with Crippen molar-refractivity contribution in [3.8, 4) is 0 Å². The Morgan fingerprint density at radius 1 is 1.12 bits per heavy atom. The molecule has 0 spiro atoms. The van der Waals surface area contributed by atoms with E-state index in [0.29, 0.717) is 12.0 Å². The van der Waals surface area contributed by atoms with E-state index < -0.39 is 0 Å². The zero-order chi connectivity index (χ0) is 17.2. The van der Waals surface area contributed by atoms with Gasteiger partial charge in [-0.3, -0.25) is 0 Å². The van der Waals surface area contributed by atoms with Crippen molar-refractivity contribution in [3.63, 3.8) is 0 Å². The van der Waals surface area contributed by atoms with Gasteiger partial charge in [0, 0.05) is 17.3 Å². The zero-order valence-electron chi connectivity index (χ0n) is 15.8. The number of halogens is 1. The number of aromatic nitrogens is 1. The zero-order valence-corrected chi connectivity index (χ0v) is 16.6. The van der Waals surface area contributed by atoms with E-state index in [0.717, 1.165) is 11.5 Å². The van der Waals surface area contributed by atoms with Gasteiger partial charge in [-0.05, 0) is 95.1 Å². The summed E-state index contributed by atoms with van der Waals surface area (Å²) in [6.45, 7) is 5.74. The fraction of sp³-hybridized carbons (Fsp3) is 0.667. The van der Waals surface area contributed by atoms with E-state index >= 15 is 0 Å². The third-order valence-corrected chi connectivity index (χ3v) is 6.37. The van der Waals surface area contributed by atoms with Crippen molar-refractivity contribution < 1.29 is 4.52 Å². The monoisotopic (exact) mass is 377 g/mol. The molecule has 144 valence electrons. The van der Waals surface area contributed by atoms with E-state index in [9.17, 15) is 0 Å². The summed E-state index contributed by atoms with van der Waals surface area (Å²) in [5.41, 5.74) is 9.37. The maximum atomic E-state index is 6.02. The summed E-state index contributed by atoms with van der Waals surface area (Å²) in [6, 6.07) is 6.90. The first-order valence-corrected chi connectivity index (χ1v) is 10.0. The Morgan fingerprint density at radius 3 is 2.58 bits per heavy atom. The number of likely N-dealkylation sites (tertiary alicyclic amines) is 1. The second-order valence-corrected chi connectivity index (χ2v) is 8.25. The first kappa shape index (κ1) is 19.7. The predicted molar refractivity (Wildman–Crippen MR) is 109 cm³/mol. The molecule has 1 aliphatic heterocycles. The highest BCUT2D eigenvalue weighted by Crippen LogP contribution is 2.33. The van der Waals surface area contributed by atoms with Gasteiger partial charge in [0.05, 0.1) is 5.69 Å². The number of aryl methyl sites for hydroxylation is 1. The lowest BCUT2D eigenvalue weighted by molar-refractivity contribution is 0.184. The fourth-order valence-electron chi connectivity index (χ4n) is 4.63. The lowest BCUT2D eigenvalue weighted by Crippen LogP contribution is -2.35. The predicted octanol–water partition coefficient (Wildman–Crippen LogP) is 4.65. The van der Waals surface area contributed by atoms with E-state index in [4.69, 9.17) is 10.3 Å². The molecule has 1 saturated heterocycles. The van der Waals surface area contributed by atoms with Gasteiger partial charge in [0.15, 0.2) is 5.58 Å². The minimum atomic E-state index is 0. The molecule has 2 aromatic rings. The van der Waals surface area contributed by atoms with Gasteiger partial charge in [-0.15, -0.1) is 12.4 Å². The molecule has 2 heterocycles. The molecule has 0 unspecified atom stereocenters. The van der Waals surface area contributed by atoms with Crippen LogP contribution in [-0.4, -0.2) is 35.7 Å². The molecule has 1 aromatic heterocycles. The molecule has 0 amide bonds. The number of benzene rings is 1. The molecular formula is C21H32ClN3O. The van der Waals surface area contributed by atoms with Gasteiger partial charge in [-0.1, -0.05) is 11.2 Å². The largest absolute Gasteiger partial charge is 0.356 e. The van der Waals surface area contributed by atoms with Crippen molar-refractivity contribution in [3.05, 3.63) is 29.5 Å². The van der Waals surface area contributed by atoms with Crippen LogP contribution in [0.25, 0.3) is 11.0 Å². The molecule has 26 heavy (non-hydrogen) atoms. The topological polar surface area (TPSA) is 55.3 Å². The van der Waals surface area contributed by atoms with Crippen molar-refractivity contribution in [2.45, 2.75) is 63.8 Å². The van der Waals surface area contributed by atoms with Crippen LogP contribution in [0.3, 0.4) is 0 Å². The molecular weight excluding hydrogens is 346 g/mol. The summed E-state index contributed by atoms with van der Waals surface area (Å²) in [6.07, 6.45) is 8.88. The van der Waals surface area contributed by atoms with Gasteiger partial charge in [-0.2, -0.15) is 0 Å². The van der Waals surface area contributed by atoms with Crippen molar-refractivity contribution >= 4 is 23.4 Å². The van der Waals surface area contributed by atoms with Crippen LogP contribution in [0.5, 0.6) is 0 Å². The van der Waals surface area contributed by atoms with Crippen LogP contribution in [-0.2, 0) is 0 Å². The van der Waals surface area contributed by atoms with Gasteiger partial charge in [0.2, 0.25) is 0 Å². The molecule has 2 fully saturated rings. The van der Waals surface area contributed by atoms with E-state index in [1.165, 1.54) is 81.2 Å². The number of nitrogens with two attached hydrogens (primary N) is 1. The average Bonchev–Trinajstić information content (AvgIpc) is 3.04. The van der Waals surface area contributed by atoms with Crippen LogP contribution in [0.15, 0.2) is 22.7 Å². The average molecular weight is 378 g/mol. The van der Waals surface area contributed by atoms with Crippen LogP contribution in [0.2, 0.25) is 0 Å². The number of rotatable bonds is 4. The third kappa shape index (κ3) is 4.41. The maximum absolute atomic E-state index is 6.02. The number of fused-ring (bicyclic) bond motifs is 1. The highest BCUT2D eigenvalue weighted by atomic mass is 35.5. The Labute approximate surface area is 162 Å². The highest BCUT2D eigenvalue weighted by Gasteiger charge is 2.26. The SMILES string of the molecule is Cc1ccc2c(C3CCN(CC[C@H]4CC[C@H](N)CC4)CC3)noc2c1.Cl. The van der Waals surface area contributed by atoms with Gasteiger partial charge in [0.1, 0.15) is 0 Å². The number of piperidine rings is 1. The van der Waals surface area contributed by atoms with E-state index in [1.807, 2.05) is 0 Å². The second-order valence-electron chi connectivity index (χ2n) is 8.25. The minimum absolute atomic E-state index is 0. The quantitative estimate of drug-likeness (QED) is 0.842. The number of nitrogens with zero attached hydrogens (tertiary/aromatic N) is 2. The van der Waals surface area contributed by atoms with Crippen LogP contribution in [0.1, 0.15) is 62.1 Å². The van der Waals surface area contributed by atoms with E-state index in [-0.39, 0.29) is 12.4 Å². The van der Waals surface area contributed by atoms with Crippen LogP contribution in [0.4, 0.5) is 0 Å². The Bertz CT molecular complexity index is 700. The van der Waals surface area contributed by atoms with Gasteiger partial charge >= 0.3 is 0 Å². The third-order valence-electron chi connectivity index (χ3n) is 6.37. The van der Waals surface area contributed by atoms with Gasteiger partial charge in [-0.25, -0.2) is 0 Å². The molecule has 2 N–H and O–H groups in total. The highest BCUT2D eigenvalue weighted by molar-refractivity contribution is 5.85. The van der Waals surface area contributed by atoms with E-state index in [2.05, 4.69) is 35.2 Å². The summed E-state index contributed by atoms with van der Waals surface area (Å²) >= 11 is 0. The van der Waals surface area contributed by atoms with Gasteiger partial charge in [0.25, 0.3) is 0 Å². The van der Waals surface area contributed by atoms with Crippen LogP contribution >= 0.6 is 12.4 Å². The van der Waals surface area contributed by atoms with Crippen molar-refractivity contribution in [2.75, 3.05) is 19.6 Å². The molecule has 1 saturated carbocycles. The number of hydrogen-bond donors (Lipinski definition) is 1. The summed E-state index contributed by atoms with van der Waals surface area (Å²) in [5.74, 6) is 1.45. The van der Waals surface area contributed by atoms with E-state index in [1.54, 1.807) is 0 Å². The minimum Gasteiger partial charge on any atom is -0.356 e. The Hall–Kier alpha value is -1.10. The Kier molecular flexibility index (Phi) is 6.60. The van der Waals surface area contributed by atoms with Crippen LogP contribution < -0.4 is 5.73 Å². The molecule has 0 bridgehead atoms. The lowest BCUT2D eigenvalue weighted by atomic mass is 9.84. The number of hydrogen-bond acceptors (Lipinski definition) is 4. The molecule has 0 radical (unpaired) electrons. The van der Waals surface area contributed by atoms with Crippen LogP contribution in [0, 0.1) is 12.8 Å². The first-order chi connectivity index (χ1) is 12.2. The lowest BCUT2D eigenvalue weighted by Gasteiger charge is -2.33. The van der Waals surface area contributed by atoms with Crippen molar-refractivity contribution in [2.24, 2.45) is 11.7 Å². The maximum Gasteiger partial charge on any atom is 0.167 e. The molecule has 1 aromatic carbocycles. The first-order valence-electron chi connectivity index (χ1n) is 10.0.